The van der Waals surface area contributed by atoms with E-state index in [1.165, 1.54) is 18.2 Å². The van der Waals surface area contributed by atoms with Gasteiger partial charge in [-0.3, -0.25) is 4.28 Å². The first-order valence-corrected chi connectivity index (χ1v) is 7.54. The van der Waals surface area contributed by atoms with Gasteiger partial charge in [-0.1, -0.05) is 35.9 Å². The van der Waals surface area contributed by atoms with Gasteiger partial charge in [-0.2, -0.15) is 8.42 Å². The molecule has 2 atom stereocenters. The molecule has 5 nitrogen and oxygen atoms in total. The molecule has 2 unspecified atom stereocenters. The topological polar surface area (TPSA) is 76.0 Å². The van der Waals surface area contributed by atoms with Crippen LogP contribution in [-0.2, 0) is 14.4 Å². The van der Waals surface area contributed by atoms with Crippen LogP contribution in [0.3, 0.4) is 0 Å². The Morgan fingerprint density at radius 3 is 2.45 bits per heavy atom. The van der Waals surface area contributed by atoms with Gasteiger partial charge in [0.15, 0.2) is 0 Å². The fourth-order valence-electron chi connectivity index (χ4n) is 1.39. The van der Waals surface area contributed by atoms with E-state index in [-0.39, 0.29) is 10.8 Å². The van der Waals surface area contributed by atoms with E-state index in [0.29, 0.717) is 5.71 Å². The van der Waals surface area contributed by atoms with Crippen LogP contribution in [0.2, 0.25) is 0 Å². The second-order valence-corrected chi connectivity index (χ2v) is 6.12. The average molecular weight is 297 g/mol. The van der Waals surface area contributed by atoms with Crippen molar-refractivity contribution in [2.24, 2.45) is 11.1 Å². The molecule has 1 aromatic carbocycles. The highest BCUT2D eigenvalue weighted by atomic mass is 32.2. The average Bonchev–Trinajstić information content (AvgIpc) is 2.43. The highest BCUT2D eigenvalue weighted by Crippen LogP contribution is 2.15. The van der Waals surface area contributed by atoms with Crippen LogP contribution in [0.4, 0.5) is 0 Å². The summed E-state index contributed by atoms with van der Waals surface area (Å²) in [6, 6.07) is 6.27. The lowest BCUT2D eigenvalue weighted by atomic mass is 10.0. The lowest BCUT2D eigenvalue weighted by molar-refractivity contribution is 0.191. The number of hydrogen-bond donors (Lipinski definition) is 1. The van der Waals surface area contributed by atoms with Crippen LogP contribution in [0.5, 0.6) is 0 Å². The molecule has 1 N–H and O–H groups in total. The van der Waals surface area contributed by atoms with Crippen LogP contribution in [0.15, 0.2) is 47.0 Å². The first kappa shape index (κ1) is 16.4. The largest absolute Gasteiger partial charge is 0.388 e. The van der Waals surface area contributed by atoms with Gasteiger partial charge in [-0.05, 0) is 26.0 Å². The Balaban J connectivity index is 2.87. The summed E-state index contributed by atoms with van der Waals surface area (Å²) in [5, 5.41) is 13.2. The molecule has 0 aliphatic rings. The molecule has 0 aromatic heterocycles. The number of aliphatic hydroxyl groups excluding tert-OH is 1. The monoisotopic (exact) mass is 297 g/mol. The summed E-state index contributed by atoms with van der Waals surface area (Å²) in [6.45, 7) is 8.61. The molecule has 0 saturated carbocycles. The van der Waals surface area contributed by atoms with Crippen molar-refractivity contribution in [2.75, 3.05) is 0 Å². The van der Waals surface area contributed by atoms with Gasteiger partial charge in [0.2, 0.25) is 0 Å². The number of aryl methyl sites for hydroxylation is 1. The number of hydrogen-bond acceptors (Lipinski definition) is 5. The quantitative estimate of drug-likeness (QED) is 0.496. The lowest BCUT2D eigenvalue weighted by Crippen LogP contribution is -2.22. The van der Waals surface area contributed by atoms with Crippen molar-refractivity contribution in [1.29, 1.82) is 0 Å². The zero-order valence-corrected chi connectivity index (χ0v) is 12.6. The van der Waals surface area contributed by atoms with Gasteiger partial charge in [0.05, 0.1) is 11.8 Å². The van der Waals surface area contributed by atoms with Crippen LogP contribution in [0, 0.1) is 12.8 Å². The fourth-order valence-corrected chi connectivity index (χ4v) is 2.16. The van der Waals surface area contributed by atoms with Gasteiger partial charge in [0.1, 0.15) is 4.90 Å². The van der Waals surface area contributed by atoms with Crippen LogP contribution in [-0.4, -0.2) is 25.3 Å². The molecule has 0 radical (unpaired) electrons. The second-order valence-electron chi connectivity index (χ2n) is 4.59. The molecule has 0 bridgehead atoms. The Hall–Kier alpha value is -1.66. The van der Waals surface area contributed by atoms with Crippen molar-refractivity contribution in [3.8, 4) is 0 Å². The Morgan fingerprint density at radius 2 is 1.95 bits per heavy atom. The van der Waals surface area contributed by atoms with Crippen molar-refractivity contribution >= 4 is 15.8 Å². The zero-order chi connectivity index (χ0) is 15.3. The van der Waals surface area contributed by atoms with Gasteiger partial charge in [0.25, 0.3) is 0 Å². The molecular formula is C14H19NO4S. The third-order valence-corrected chi connectivity index (χ3v) is 4.12. The van der Waals surface area contributed by atoms with E-state index in [1.807, 2.05) is 6.92 Å². The number of benzene rings is 1. The Labute approximate surface area is 119 Å². The smallest absolute Gasteiger partial charge is 0.358 e. The molecule has 1 aromatic rings. The number of aliphatic hydroxyl groups is 1. The summed E-state index contributed by atoms with van der Waals surface area (Å²) < 4.78 is 28.4. The van der Waals surface area contributed by atoms with Crippen molar-refractivity contribution in [2.45, 2.75) is 31.8 Å². The van der Waals surface area contributed by atoms with E-state index in [1.54, 1.807) is 26.0 Å². The van der Waals surface area contributed by atoms with Gasteiger partial charge < -0.3 is 5.11 Å². The summed E-state index contributed by atoms with van der Waals surface area (Å²) in [4.78, 5) is 0.0385. The SMILES string of the molecule is C=CC(O)C(C)C(C)=NOS(=O)(=O)c1ccc(C)cc1. The molecule has 0 aliphatic carbocycles. The number of rotatable bonds is 6. The minimum Gasteiger partial charge on any atom is -0.388 e. The van der Waals surface area contributed by atoms with E-state index < -0.39 is 16.2 Å². The van der Waals surface area contributed by atoms with Gasteiger partial charge in [-0.15, -0.1) is 6.58 Å². The van der Waals surface area contributed by atoms with E-state index in [9.17, 15) is 13.5 Å². The summed E-state index contributed by atoms with van der Waals surface area (Å²) >= 11 is 0. The predicted molar refractivity (Wildman–Crippen MR) is 77.9 cm³/mol. The summed E-state index contributed by atoms with van der Waals surface area (Å²) in [5.41, 5.74) is 1.32. The van der Waals surface area contributed by atoms with Gasteiger partial charge in [0, 0.05) is 5.92 Å². The maximum absolute atomic E-state index is 11.9. The molecular weight excluding hydrogens is 278 g/mol. The Kier molecular flexibility index (Phi) is 5.47. The first-order chi connectivity index (χ1) is 9.27. The highest BCUT2D eigenvalue weighted by molar-refractivity contribution is 7.86. The summed E-state index contributed by atoms with van der Waals surface area (Å²) in [6.07, 6.45) is 0.558. The van der Waals surface area contributed by atoms with Crippen LogP contribution in [0.25, 0.3) is 0 Å². The molecule has 20 heavy (non-hydrogen) atoms. The third kappa shape index (κ3) is 4.18. The normalized spacial score (nSPS) is 15.5. The van der Waals surface area contributed by atoms with Gasteiger partial charge >= 0.3 is 10.1 Å². The molecule has 6 heteroatoms. The minimum atomic E-state index is -3.93. The Morgan fingerprint density at radius 1 is 1.40 bits per heavy atom. The molecule has 0 heterocycles. The van der Waals surface area contributed by atoms with Gasteiger partial charge in [-0.25, -0.2) is 0 Å². The molecule has 1 rings (SSSR count). The second kappa shape index (κ2) is 6.67. The van der Waals surface area contributed by atoms with Crippen molar-refractivity contribution in [3.63, 3.8) is 0 Å². The molecule has 0 fully saturated rings. The zero-order valence-electron chi connectivity index (χ0n) is 11.8. The third-order valence-electron chi connectivity index (χ3n) is 3.00. The number of oxime groups is 1. The first-order valence-electron chi connectivity index (χ1n) is 6.13. The van der Waals surface area contributed by atoms with Crippen LogP contribution >= 0.6 is 0 Å². The Bertz CT molecular complexity index is 590. The molecule has 110 valence electrons. The molecule has 0 saturated heterocycles. The van der Waals surface area contributed by atoms with Crippen molar-refractivity contribution in [3.05, 3.63) is 42.5 Å². The lowest BCUT2D eigenvalue weighted by Gasteiger charge is -2.14. The fraction of sp³-hybridized carbons (Fsp3) is 0.357. The summed E-state index contributed by atoms with van der Waals surface area (Å²) in [7, 11) is -3.93. The maximum atomic E-state index is 11.9. The standard InChI is InChI=1S/C14H19NO4S/c1-5-14(16)11(3)12(4)15-19-20(17,18)13-8-6-10(2)7-9-13/h5-9,11,14,16H,1H2,2-4H3. The number of nitrogens with zero attached hydrogens (tertiary/aromatic N) is 1. The summed E-state index contributed by atoms with van der Waals surface area (Å²) in [5.74, 6) is -0.374. The van der Waals surface area contributed by atoms with E-state index in [0.717, 1.165) is 5.56 Å². The minimum absolute atomic E-state index is 0.0385. The molecule has 0 amide bonds. The van der Waals surface area contributed by atoms with Crippen molar-refractivity contribution in [1.82, 2.24) is 0 Å². The molecule has 0 spiro atoms. The van der Waals surface area contributed by atoms with E-state index in [4.69, 9.17) is 0 Å². The van der Waals surface area contributed by atoms with E-state index in [2.05, 4.69) is 16.0 Å². The van der Waals surface area contributed by atoms with E-state index >= 15 is 0 Å². The van der Waals surface area contributed by atoms with Crippen LogP contribution in [0.1, 0.15) is 19.4 Å². The van der Waals surface area contributed by atoms with Crippen LogP contribution < -0.4 is 0 Å². The maximum Gasteiger partial charge on any atom is 0.358 e. The highest BCUT2D eigenvalue weighted by Gasteiger charge is 2.18. The molecule has 0 aliphatic heterocycles. The van der Waals surface area contributed by atoms with Crippen molar-refractivity contribution < 1.29 is 17.8 Å². The predicted octanol–water partition coefficient (Wildman–Crippen LogP) is 2.26.